The average molecular weight is 337 g/mol. The number of nitrogens with zero attached hydrogens (tertiary/aromatic N) is 3. The molecule has 0 aliphatic carbocycles. The van der Waals surface area contributed by atoms with Gasteiger partial charge in [-0.1, -0.05) is 0 Å². The van der Waals surface area contributed by atoms with Crippen LogP contribution in [0.5, 0.6) is 0 Å². The first-order valence-corrected chi connectivity index (χ1v) is 9.07. The van der Waals surface area contributed by atoms with Gasteiger partial charge < -0.3 is 14.6 Å². The minimum atomic E-state index is -0.102. The molecule has 0 radical (unpaired) electrons. The summed E-state index contributed by atoms with van der Waals surface area (Å²) < 4.78 is 13.4. The summed E-state index contributed by atoms with van der Waals surface area (Å²) in [6.45, 7) is 8.82. The predicted molar refractivity (Wildman–Crippen MR) is 92.2 cm³/mol. The third-order valence-electron chi connectivity index (χ3n) is 5.68. The van der Waals surface area contributed by atoms with Gasteiger partial charge in [-0.15, -0.1) is 0 Å². The van der Waals surface area contributed by atoms with Gasteiger partial charge in [-0.2, -0.15) is 5.10 Å². The molecular weight excluding hydrogens is 306 g/mol. The van der Waals surface area contributed by atoms with Crippen LogP contribution in [0, 0.1) is 5.92 Å². The van der Waals surface area contributed by atoms with E-state index in [-0.39, 0.29) is 18.1 Å². The van der Waals surface area contributed by atoms with Gasteiger partial charge in [0.05, 0.1) is 11.8 Å². The Labute approximate surface area is 144 Å². The molecular formula is C18H31N3O3. The summed E-state index contributed by atoms with van der Waals surface area (Å²) in [5, 5.41) is 14.3. The van der Waals surface area contributed by atoms with Gasteiger partial charge in [-0.3, -0.25) is 9.58 Å². The van der Waals surface area contributed by atoms with E-state index in [1.54, 1.807) is 0 Å². The molecule has 2 aliphatic rings. The quantitative estimate of drug-likeness (QED) is 0.856. The van der Waals surface area contributed by atoms with Crippen molar-refractivity contribution in [1.82, 2.24) is 14.7 Å². The highest BCUT2D eigenvalue weighted by atomic mass is 16.5. The van der Waals surface area contributed by atoms with Crippen molar-refractivity contribution in [3.63, 3.8) is 0 Å². The molecule has 3 rings (SSSR count). The molecule has 1 N–H and O–H groups in total. The van der Waals surface area contributed by atoms with Crippen LogP contribution in [-0.4, -0.2) is 72.0 Å². The highest BCUT2D eigenvalue weighted by Gasteiger charge is 2.40. The van der Waals surface area contributed by atoms with E-state index in [0.717, 1.165) is 45.7 Å². The Hall–Kier alpha value is -0.950. The number of hydrogen-bond acceptors (Lipinski definition) is 5. The van der Waals surface area contributed by atoms with Crippen molar-refractivity contribution < 1.29 is 14.6 Å². The molecule has 24 heavy (non-hydrogen) atoms. The summed E-state index contributed by atoms with van der Waals surface area (Å²) in [5.41, 5.74) is 1.14. The van der Waals surface area contributed by atoms with Gasteiger partial charge in [-0.25, -0.2) is 0 Å². The van der Waals surface area contributed by atoms with Gasteiger partial charge in [0.2, 0.25) is 0 Å². The number of hydrogen-bond donors (Lipinski definition) is 1. The average Bonchev–Trinajstić information content (AvgIpc) is 3.22. The van der Waals surface area contributed by atoms with E-state index >= 15 is 0 Å². The Morgan fingerprint density at radius 3 is 2.71 bits per heavy atom. The summed E-state index contributed by atoms with van der Waals surface area (Å²) in [6, 6.07) is 0.364. The summed E-state index contributed by atoms with van der Waals surface area (Å²) in [6.07, 6.45) is 6.00. The lowest BCUT2D eigenvalue weighted by atomic mass is 9.92. The van der Waals surface area contributed by atoms with E-state index in [1.807, 2.05) is 18.0 Å². The molecule has 2 aliphatic heterocycles. The minimum absolute atomic E-state index is 0.102. The van der Waals surface area contributed by atoms with E-state index in [0.29, 0.717) is 12.0 Å². The number of rotatable bonds is 6. The van der Waals surface area contributed by atoms with Gasteiger partial charge in [0.1, 0.15) is 0 Å². The van der Waals surface area contributed by atoms with E-state index in [1.165, 1.54) is 5.56 Å². The summed E-state index contributed by atoms with van der Waals surface area (Å²) >= 11 is 0. The molecule has 2 atom stereocenters. The Bertz CT molecular complexity index is 525. The molecule has 136 valence electrons. The molecule has 6 heteroatoms. The topological polar surface area (TPSA) is 59.8 Å². The van der Waals surface area contributed by atoms with Crippen molar-refractivity contribution in [2.45, 2.75) is 44.2 Å². The van der Waals surface area contributed by atoms with Crippen molar-refractivity contribution in [2.75, 3.05) is 46.6 Å². The maximum Gasteiger partial charge on any atom is 0.0848 e. The highest BCUT2D eigenvalue weighted by molar-refractivity contribution is 5.16. The highest BCUT2D eigenvalue weighted by Crippen LogP contribution is 2.35. The Balaban J connectivity index is 1.69. The zero-order valence-electron chi connectivity index (χ0n) is 15.1. The molecule has 3 heterocycles. The standard InChI is InChI=1S/C18H31N3O3/c1-14(2)21-10-15(8-19-21)17-11-20(9-16(17)12-22)13-18(23-3)4-6-24-7-5-18/h8,10,14,16-17,22H,4-7,9,11-13H2,1-3H3/t16-,17-/m0/s1. The summed E-state index contributed by atoms with van der Waals surface area (Å²) in [4.78, 5) is 2.45. The van der Waals surface area contributed by atoms with E-state index in [4.69, 9.17) is 9.47 Å². The van der Waals surface area contributed by atoms with Gasteiger partial charge >= 0.3 is 0 Å². The largest absolute Gasteiger partial charge is 0.396 e. The van der Waals surface area contributed by atoms with Crippen molar-refractivity contribution in [2.24, 2.45) is 5.92 Å². The van der Waals surface area contributed by atoms with Gasteiger partial charge in [-0.05, 0) is 19.4 Å². The Morgan fingerprint density at radius 2 is 2.12 bits per heavy atom. The normalized spacial score (nSPS) is 27.9. The zero-order chi connectivity index (χ0) is 17.2. The lowest BCUT2D eigenvalue weighted by molar-refractivity contribution is -0.102. The van der Waals surface area contributed by atoms with Crippen molar-refractivity contribution in [1.29, 1.82) is 0 Å². The summed E-state index contributed by atoms with van der Waals surface area (Å²) in [7, 11) is 1.81. The fourth-order valence-corrected chi connectivity index (χ4v) is 4.06. The van der Waals surface area contributed by atoms with Crippen molar-refractivity contribution in [3.05, 3.63) is 18.0 Å². The fourth-order valence-electron chi connectivity index (χ4n) is 4.06. The first kappa shape index (κ1) is 17.9. The Morgan fingerprint density at radius 1 is 1.38 bits per heavy atom. The maximum atomic E-state index is 9.85. The van der Waals surface area contributed by atoms with Gasteiger partial charge in [0.15, 0.2) is 0 Å². The molecule has 2 saturated heterocycles. The predicted octanol–water partition coefficient (Wildman–Crippen LogP) is 1.67. The molecule has 6 nitrogen and oxygen atoms in total. The molecule has 0 bridgehead atoms. The summed E-state index contributed by atoms with van der Waals surface area (Å²) in [5.74, 6) is 0.611. The fraction of sp³-hybridized carbons (Fsp3) is 0.833. The van der Waals surface area contributed by atoms with Crippen LogP contribution < -0.4 is 0 Å². The number of aliphatic hydroxyl groups is 1. The van der Waals surface area contributed by atoms with Crippen LogP contribution in [0.25, 0.3) is 0 Å². The molecule has 1 aromatic rings. The van der Waals surface area contributed by atoms with E-state index in [9.17, 15) is 5.11 Å². The first-order valence-electron chi connectivity index (χ1n) is 9.07. The van der Waals surface area contributed by atoms with Crippen LogP contribution in [0.4, 0.5) is 0 Å². The SMILES string of the molecule is COC1(CN2C[C@@H](CO)[C@H](c3cnn(C(C)C)c3)C2)CCOCC1. The van der Waals surface area contributed by atoms with Crippen LogP contribution >= 0.6 is 0 Å². The second-order valence-corrected chi connectivity index (χ2v) is 7.59. The first-order chi connectivity index (χ1) is 11.6. The number of likely N-dealkylation sites (tertiary alicyclic amines) is 1. The number of aromatic nitrogens is 2. The molecule has 2 fully saturated rings. The second kappa shape index (κ2) is 7.52. The van der Waals surface area contributed by atoms with Crippen LogP contribution in [0.2, 0.25) is 0 Å². The minimum Gasteiger partial charge on any atom is -0.396 e. The molecule has 0 saturated carbocycles. The maximum absolute atomic E-state index is 9.85. The Kier molecular flexibility index (Phi) is 5.59. The number of aliphatic hydroxyl groups excluding tert-OH is 1. The molecule has 0 spiro atoms. The van der Waals surface area contributed by atoms with Crippen LogP contribution in [0.1, 0.15) is 44.2 Å². The lowest BCUT2D eigenvalue weighted by Crippen LogP contribution is -2.47. The van der Waals surface area contributed by atoms with Crippen LogP contribution in [0.15, 0.2) is 12.4 Å². The third-order valence-corrected chi connectivity index (χ3v) is 5.68. The van der Waals surface area contributed by atoms with Gasteiger partial charge in [0, 0.05) is 83.5 Å². The van der Waals surface area contributed by atoms with Gasteiger partial charge in [0.25, 0.3) is 0 Å². The monoisotopic (exact) mass is 337 g/mol. The number of methoxy groups -OCH3 is 1. The van der Waals surface area contributed by atoms with E-state index in [2.05, 4.69) is 30.0 Å². The molecule has 0 aromatic carbocycles. The third kappa shape index (κ3) is 3.67. The second-order valence-electron chi connectivity index (χ2n) is 7.59. The zero-order valence-corrected chi connectivity index (χ0v) is 15.1. The van der Waals surface area contributed by atoms with Crippen molar-refractivity contribution >= 4 is 0 Å². The van der Waals surface area contributed by atoms with Crippen LogP contribution in [-0.2, 0) is 9.47 Å². The molecule has 0 unspecified atom stereocenters. The molecule has 1 aromatic heterocycles. The lowest BCUT2D eigenvalue weighted by Gasteiger charge is -2.38. The van der Waals surface area contributed by atoms with Crippen LogP contribution in [0.3, 0.4) is 0 Å². The number of ether oxygens (including phenoxy) is 2. The smallest absolute Gasteiger partial charge is 0.0848 e. The van der Waals surface area contributed by atoms with Crippen molar-refractivity contribution in [3.8, 4) is 0 Å². The molecule has 0 amide bonds. The van der Waals surface area contributed by atoms with E-state index < -0.39 is 0 Å².